The van der Waals surface area contributed by atoms with Crippen LogP contribution >= 0.6 is 0 Å². The fourth-order valence-electron chi connectivity index (χ4n) is 4.61. The molecule has 1 aromatic carbocycles. The van der Waals surface area contributed by atoms with E-state index < -0.39 is 0 Å². The summed E-state index contributed by atoms with van der Waals surface area (Å²) in [6, 6.07) is 7.46. The summed E-state index contributed by atoms with van der Waals surface area (Å²) in [6.45, 7) is 4.62. The lowest BCUT2D eigenvalue weighted by Crippen LogP contribution is -2.43. The predicted octanol–water partition coefficient (Wildman–Crippen LogP) is 3.87. The second-order valence-corrected chi connectivity index (χ2v) is 8.69. The number of ether oxygens (including phenoxy) is 3. The van der Waals surface area contributed by atoms with Crippen LogP contribution < -0.4 is 4.74 Å². The van der Waals surface area contributed by atoms with Gasteiger partial charge in [0.05, 0.1) is 25.4 Å². The van der Waals surface area contributed by atoms with Crippen molar-refractivity contribution in [2.45, 2.75) is 57.9 Å². The van der Waals surface area contributed by atoms with Crippen molar-refractivity contribution in [1.82, 2.24) is 9.80 Å². The highest BCUT2D eigenvalue weighted by atomic mass is 16.5. The van der Waals surface area contributed by atoms with Gasteiger partial charge in [0.1, 0.15) is 11.4 Å². The molecule has 0 radical (unpaired) electrons. The SMILES string of the molecule is CCCOc1ccc(C2=C(N(CCOC)CCOC)C(=O)N(C3CCCCCC3)C2=O)cc1. The molecule has 0 unspecified atom stereocenters. The normalized spacial score (nSPS) is 17.6. The minimum atomic E-state index is -0.194. The molecule has 0 bridgehead atoms. The van der Waals surface area contributed by atoms with Crippen LogP contribution in [0.15, 0.2) is 30.0 Å². The lowest BCUT2D eigenvalue weighted by atomic mass is 10.0. The molecule has 182 valence electrons. The largest absolute Gasteiger partial charge is 0.494 e. The van der Waals surface area contributed by atoms with Crippen LogP contribution in [0.5, 0.6) is 5.75 Å². The smallest absolute Gasteiger partial charge is 0.278 e. The number of carbonyl (C=O) groups excluding carboxylic acids is 2. The van der Waals surface area contributed by atoms with E-state index in [4.69, 9.17) is 14.2 Å². The second kappa shape index (κ2) is 12.8. The van der Waals surface area contributed by atoms with Gasteiger partial charge in [0.25, 0.3) is 11.8 Å². The summed E-state index contributed by atoms with van der Waals surface area (Å²) in [7, 11) is 3.27. The van der Waals surface area contributed by atoms with Gasteiger partial charge in [0.15, 0.2) is 0 Å². The van der Waals surface area contributed by atoms with Gasteiger partial charge in [-0.15, -0.1) is 0 Å². The Labute approximate surface area is 197 Å². The summed E-state index contributed by atoms with van der Waals surface area (Å²) in [4.78, 5) is 31.0. The molecule has 0 spiro atoms. The zero-order valence-electron chi connectivity index (χ0n) is 20.3. The number of benzene rings is 1. The quantitative estimate of drug-likeness (QED) is 0.350. The van der Waals surface area contributed by atoms with Gasteiger partial charge in [-0.1, -0.05) is 44.7 Å². The number of hydrogen-bond acceptors (Lipinski definition) is 6. The van der Waals surface area contributed by atoms with E-state index in [1.165, 1.54) is 4.90 Å². The molecule has 1 aromatic rings. The van der Waals surface area contributed by atoms with Crippen LogP contribution in [-0.2, 0) is 19.1 Å². The zero-order chi connectivity index (χ0) is 23.6. The van der Waals surface area contributed by atoms with Crippen LogP contribution in [0.1, 0.15) is 57.4 Å². The maximum Gasteiger partial charge on any atom is 0.278 e. The van der Waals surface area contributed by atoms with Crippen molar-refractivity contribution in [2.24, 2.45) is 0 Å². The van der Waals surface area contributed by atoms with Crippen molar-refractivity contribution in [2.75, 3.05) is 47.1 Å². The summed E-state index contributed by atoms with van der Waals surface area (Å²) < 4.78 is 16.3. The van der Waals surface area contributed by atoms with Gasteiger partial charge in [-0.05, 0) is 37.0 Å². The first-order chi connectivity index (χ1) is 16.1. The number of hydrogen-bond donors (Lipinski definition) is 0. The molecule has 0 atom stereocenters. The minimum absolute atomic E-state index is 0.0427. The molecule has 33 heavy (non-hydrogen) atoms. The van der Waals surface area contributed by atoms with Crippen molar-refractivity contribution in [3.63, 3.8) is 0 Å². The molecule has 1 aliphatic heterocycles. The molecule has 1 fully saturated rings. The summed E-state index contributed by atoms with van der Waals surface area (Å²) in [5.41, 5.74) is 1.67. The predicted molar refractivity (Wildman–Crippen MR) is 128 cm³/mol. The molecule has 7 nitrogen and oxygen atoms in total. The highest BCUT2D eigenvalue weighted by molar-refractivity contribution is 6.35. The van der Waals surface area contributed by atoms with Gasteiger partial charge in [0, 0.05) is 33.4 Å². The summed E-state index contributed by atoms with van der Waals surface area (Å²) in [6.07, 6.45) is 7.09. The molecule has 1 saturated carbocycles. The Balaban J connectivity index is 2.00. The number of methoxy groups -OCH3 is 2. The van der Waals surface area contributed by atoms with Gasteiger partial charge in [-0.2, -0.15) is 0 Å². The van der Waals surface area contributed by atoms with Crippen molar-refractivity contribution in [3.05, 3.63) is 35.5 Å². The lowest BCUT2D eigenvalue weighted by molar-refractivity contribution is -0.140. The Kier molecular flexibility index (Phi) is 9.76. The number of rotatable bonds is 12. The maximum atomic E-state index is 13.8. The third-order valence-electron chi connectivity index (χ3n) is 6.34. The van der Waals surface area contributed by atoms with Crippen molar-refractivity contribution in [1.29, 1.82) is 0 Å². The Morgan fingerprint density at radius 3 is 2.03 bits per heavy atom. The van der Waals surface area contributed by atoms with E-state index in [2.05, 4.69) is 6.92 Å². The summed E-state index contributed by atoms with van der Waals surface area (Å²) in [5.74, 6) is 0.375. The average molecular weight is 459 g/mol. The zero-order valence-corrected chi connectivity index (χ0v) is 20.3. The molecule has 0 aromatic heterocycles. The Morgan fingerprint density at radius 1 is 0.879 bits per heavy atom. The Bertz CT molecular complexity index is 804. The minimum Gasteiger partial charge on any atom is -0.494 e. The van der Waals surface area contributed by atoms with Crippen LogP contribution in [0.25, 0.3) is 5.57 Å². The molecule has 0 N–H and O–H groups in total. The molecular weight excluding hydrogens is 420 g/mol. The van der Waals surface area contributed by atoms with E-state index in [1.54, 1.807) is 14.2 Å². The standard InChI is InChI=1S/C26H38N2O5/c1-4-17-33-22-13-11-20(12-14-22)23-24(27(15-18-31-2)16-19-32-3)26(30)28(25(23)29)21-9-7-5-6-8-10-21/h11-14,21H,4-10,15-19H2,1-3H3. The van der Waals surface area contributed by atoms with Crippen LogP contribution in [0.4, 0.5) is 0 Å². The molecule has 0 saturated heterocycles. The van der Waals surface area contributed by atoms with E-state index in [1.807, 2.05) is 29.2 Å². The Morgan fingerprint density at radius 2 is 1.48 bits per heavy atom. The first-order valence-electron chi connectivity index (χ1n) is 12.2. The van der Waals surface area contributed by atoms with Crippen LogP contribution in [-0.4, -0.2) is 74.8 Å². The van der Waals surface area contributed by atoms with Gasteiger partial charge in [-0.3, -0.25) is 14.5 Å². The van der Waals surface area contributed by atoms with Gasteiger partial charge in [0.2, 0.25) is 0 Å². The van der Waals surface area contributed by atoms with Crippen LogP contribution in [0.3, 0.4) is 0 Å². The first-order valence-corrected chi connectivity index (χ1v) is 12.2. The van der Waals surface area contributed by atoms with Crippen LogP contribution in [0.2, 0.25) is 0 Å². The van der Waals surface area contributed by atoms with Gasteiger partial charge < -0.3 is 19.1 Å². The fraction of sp³-hybridized carbons (Fsp3) is 0.615. The molecule has 1 aliphatic carbocycles. The summed E-state index contributed by atoms with van der Waals surface area (Å²) >= 11 is 0. The van der Waals surface area contributed by atoms with E-state index in [0.717, 1.165) is 56.3 Å². The average Bonchev–Trinajstić information content (AvgIpc) is 2.99. The van der Waals surface area contributed by atoms with E-state index in [9.17, 15) is 9.59 Å². The third-order valence-corrected chi connectivity index (χ3v) is 6.34. The van der Waals surface area contributed by atoms with E-state index in [0.29, 0.717) is 44.2 Å². The molecular formula is C26H38N2O5. The molecule has 7 heteroatoms. The highest BCUT2D eigenvalue weighted by Gasteiger charge is 2.44. The monoisotopic (exact) mass is 458 g/mol. The summed E-state index contributed by atoms with van der Waals surface area (Å²) in [5, 5.41) is 0. The van der Waals surface area contributed by atoms with Crippen molar-refractivity contribution < 1.29 is 23.8 Å². The Hall–Kier alpha value is -2.38. The van der Waals surface area contributed by atoms with Crippen LogP contribution in [0, 0.1) is 0 Å². The maximum absolute atomic E-state index is 13.8. The topological polar surface area (TPSA) is 68.3 Å². The number of amides is 2. The van der Waals surface area contributed by atoms with Gasteiger partial charge in [-0.25, -0.2) is 0 Å². The van der Waals surface area contributed by atoms with Crippen molar-refractivity contribution >= 4 is 17.4 Å². The van der Waals surface area contributed by atoms with E-state index >= 15 is 0 Å². The second-order valence-electron chi connectivity index (χ2n) is 8.69. The lowest BCUT2D eigenvalue weighted by Gasteiger charge is -2.28. The molecule has 2 amide bonds. The first kappa shape index (κ1) is 25.2. The molecule has 2 aliphatic rings. The number of imide groups is 1. The molecule has 3 rings (SSSR count). The van der Waals surface area contributed by atoms with E-state index in [-0.39, 0.29) is 17.9 Å². The number of nitrogens with zero attached hydrogens (tertiary/aromatic N) is 2. The fourth-order valence-corrected chi connectivity index (χ4v) is 4.61. The van der Waals surface area contributed by atoms with Crippen molar-refractivity contribution in [3.8, 4) is 5.75 Å². The van der Waals surface area contributed by atoms with Gasteiger partial charge >= 0.3 is 0 Å². The highest BCUT2D eigenvalue weighted by Crippen LogP contribution is 2.36. The number of carbonyl (C=O) groups is 2. The third kappa shape index (κ3) is 6.15. The molecule has 1 heterocycles.